The fourth-order valence-electron chi connectivity index (χ4n) is 1.49. The SMILES string of the molecule is NC(=O)c1cc(Sc2cc(F)ccc2F)ccc1N. The molecular weight excluding hydrogens is 270 g/mol. The van der Waals surface area contributed by atoms with Crippen LogP contribution in [-0.4, -0.2) is 5.91 Å². The van der Waals surface area contributed by atoms with Gasteiger partial charge in [0.1, 0.15) is 11.6 Å². The van der Waals surface area contributed by atoms with E-state index in [0.29, 0.717) is 4.90 Å². The monoisotopic (exact) mass is 280 g/mol. The summed E-state index contributed by atoms with van der Waals surface area (Å²) in [6, 6.07) is 7.73. The van der Waals surface area contributed by atoms with E-state index in [1.54, 1.807) is 6.07 Å². The quantitative estimate of drug-likeness (QED) is 0.849. The van der Waals surface area contributed by atoms with E-state index in [0.717, 1.165) is 30.0 Å². The van der Waals surface area contributed by atoms with E-state index < -0.39 is 17.5 Å². The Balaban J connectivity index is 2.36. The molecule has 0 aliphatic heterocycles. The van der Waals surface area contributed by atoms with E-state index >= 15 is 0 Å². The fraction of sp³-hybridized carbons (Fsp3) is 0. The largest absolute Gasteiger partial charge is 0.398 e. The maximum absolute atomic E-state index is 13.5. The lowest BCUT2D eigenvalue weighted by Crippen LogP contribution is -2.13. The number of benzene rings is 2. The number of nitrogens with two attached hydrogens (primary N) is 2. The Morgan fingerprint density at radius 3 is 2.53 bits per heavy atom. The Kier molecular flexibility index (Phi) is 3.71. The van der Waals surface area contributed by atoms with E-state index in [-0.39, 0.29) is 16.1 Å². The molecule has 4 N–H and O–H groups in total. The normalized spacial score (nSPS) is 10.4. The number of nitrogen functional groups attached to an aromatic ring is 1. The van der Waals surface area contributed by atoms with Crippen LogP contribution in [0.25, 0.3) is 0 Å². The molecule has 0 unspecified atom stereocenters. The molecule has 0 spiro atoms. The average Bonchev–Trinajstić information content (AvgIpc) is 2.36. The highest BCUT2D eigenvalue weighted by atomic mass is 32.2. The summed E-state index contributed by atoms with van der Waals surface area (Å²) in [4.78, 5) is 11.8. The third kappa shape index (κ3) is 3.03. The maximum atomic E-state index is 13.5. The van der Waals surface area contributed by atoms with Crippen molar-refractivity contribution >= 4 is 23.4 Å². The van der Waals surface area contributed by atoms with Crippen molar-refractivity contribution in [1.29, 1.82) is 0 Å². The molecule has 98 valence electrons. The summed E-state index contributed by atoms with van der Waals surface area (Å²) >= 11 is 0.990. The van der Waals surface area contributed by atoms with Gasteiger partial charge in [-0.2, -0.15) is 0 Å². The Bertz CT molecular complexity index is 647. The van der Waals surface area contributed by atoms with Crippen LogP contribution in [0.4, 0.5) is 14.5 Å². The lowest BCUT2D eigenvalue weighted by atomic mass is 10.2. The van der Waals surface area contributed by atoms with E-state index in [9.17, 15) is 13.6 Å². The lowest BCUT2D eigenvalue weighted by Gasteiger charge is -2.06. The Labute approximate surface area is 112 Å². The molecule has 0 radical (unpaired) electrons. The Morgan fingerprint density at radius 1 is 1.11 bits per heavy atom. The first kappa shape index (κ1) is 13.4. The molecule has 6 heteroatoms. The third-order valence-corrected chi connectivity index (χ3v) is 3.43. The number of halogens is 2. The molecule has 3 nitrogen and oxygen atoms in total. The molecule has 0 fully saturated rings. The molecule has 19 heavy (non-hydrogen) atoms. The van der Waals surface area contributed by atoms with Gasteiger partial charge in [-0.1, -0.05) is 11.8 Å². The molecule has 0 bridgehead atoms. The van der Waals surface area contributed by atoms with Crippen molar-refractivity contribution in [3.8, 4) is 0 Å². The van der Waals surface area contributed by atoms with Crippen molar-refractivity contribution < 1.29 is 13.6 Å². The van der Waals surface area contributed by atoms with Crippen LogP contribution in [0.3, 0.4) is 0 Å². The minimum Gasteiger partial charge on any atom is -0.398 e. The van der Waals surface area contributed by atoms with E-state index in [1.807, 2.05) is 0 Å². The smallest absolute Gasteiger partial charge is 0.250 e. The predicted octanol–water partition coefficient (Wildman–Crippen LogP) is 2.80. The number of carbonyl (C=O) groups excluding carboxylic acids is 1. The highest BCUT2D eigenvalue weighted by molar-refractivity contribution is 7.99. The van der Waals surface area contributed by atoms with Crippen LogP contribution in [-0.2, 0) is 0 Å². The molecule has 0 aromatic heterocycles. The summed E-state index contributed by atoms with van der Waals surface area (Å²) in [6.45, 7) is 0. The summed E-state index contributed by atoms with van der Waals surface area (Å²) in [5.41, 5.74) is 11.2. The first-order valence-electron chi connectivity index (χ1n) is 5.29. The van der Waals surface area contributed by atoms with Gasteiger partial charge in [-0.15, -0.1) is 0 Å². The van der Waals surface area contributed by atoms with Gasteiger partial charge in [-0.05, 0) is 36.4 Å². The summed E-state index contributed by atoms with van der Waals surface area (Å²) in [5.74, 6) is -1.74. The molecule has 0 aliphatic rings. The number of amides is 1. The average molecular weight is 280 g/mol. The van der Waals surface area contributed by atoms with Crippen LogP contribution in [0.5, 0.6) is 0 Å². The second kappa shape index (κ2) is 5.27. The van der Waals surface area contributed by atoms with Crippen molar-refractivity contribution in [2.45, 2.75) is 9.79 Å². The van der Waals surface area contributed by atoms with Gasteiger partial charge in [0.25, 0.3) is 5.91 Å². The number of rotatable bonds is 3. The van der Waals surface area contributed by atoms with Gasteiger partial charge in [-0.25, -0.2) is 8.78 Å². The standard InChI is InChI=1S/C13H10F2N2OS/c14-7-1-3-10(15)12(5-7)19-8-2-4-11(16)9(6-8)13(17)18/h1-6H,16H2,(H2,17,18). The van der Waals surface area contributed by atoms with E-state index in [1.165, 1.54) is 12.1 Å². The summed E-state index contributed by atoms with van der Waals surface area (Å²) in [6.07, 6.45) is 0. The van der Waals surface area contributed by atoms with Crippen LogP contribution in [0.2, 0.25) is 0 Å². The van der Waals surface area contributed by atoms with Gasteiger partial charge in [0, 0.05) is 10.6 Å². The van der Waals surface area contributed by atoms with Crippen molar-refractivity contribution in [2.24, 2.45) is 5.73 Å². The number of hydrogen-bond acceptors (Lipinski definition) is 3. The van der Waals surface area contributed by atoms with Crippen LogP contribution in [0, 0.1) is 11.6 Å². The lowest BCUT2D eigenvalue weighted by molar-refractivity contribution is 0.100. The number of primary amides is 1. The first-order chi connectivity index (χ1) is 8.97. The van der Waals surface area contributed by atoms with Crippen molar-refractivity contribution in [3.05, 3.63) is 53.6 Å². The first-order valence-corrected chi connectivity index (χ1v) is 6.11. The molecule has 1 amide bonds. The van der Waals surface area contributed by atoms with Crippen LogP contribution >= 0.6 is 11.8 Å². The van der Waals surface area contributed by atoms with Crippen LogP contribution in [0.1, 0.15) is 10.4 Å². The highest BCUT2D eigenvalue weighted by Gasteiger charge is 2.10. The number of carbonyl (C=O) groups is 1. The van der Waals surface area contributed by atoms with Crippen molar-refractivity contribution in [3.63, 3.8) is 0 Å². The zero-order valence-corrected chi connectivity index (χ0v) is 10.5. The molecule has 0 atom stereocenters. The summed E-state index contributed by atoms with van der Waals surface area (Å²) in [5, 5.41) is 0. The van der Waals surface area contributed by atoms with Crippen LogP contribution < -0.4 is 11.5 Å². The molecular formula is C13H10F2N2OS. The number of anilines is 1. The molecule has 0 saturated carbocycles. The third-order valence-electron chi connectivity index (χ3n) is 2.41. The van der Waals surface area contributed by atoms with E-state index in [4.69, 9.17) is 11.5 Å². The second-order valence-corrected chi connectivity index (χ2v) is 4.91. The molecule has 2 aromatic rings. The summed E-state index contributed by atoms with van der Waals surface area (Å²) in [7, 11) is 0. The van der Waals surface area contributed by atoms with E-state index in [2.05, 4.69) is 0 Å². The molecule has 2 rings (SSSR count). The molecule has 0 heterocycles. The zero-order chi connectivity index (χ0) is 14.0. The van der Waals surface area contributed by atoms with Gasteiger partial charge < -0.3 is 11.5 Å². The second-order valence-electron chi connectivity index (χ2n) is 3.79. The van der Waals surface area contributed by atoms with Gasteiger partial charge in [-0.3, -0.25) is 4.79 Å². The molecule has 2 aromatic carbocycles. The van der Waals surface area contributed by atoms with Gasteiger partial charge >= 0.3 is 0 Å². The van der Waals surface area contributed by atoms with Crippen LogP contribution in [0.15, 0.2) is 46.2 Å². The zero-order valence-electron chi connectivity index (χ0n) is 9.69. The summed E-state index contributed by atoms with van der Waals surface area (Å²) < 4.78 is 26.5. The Morgan fingerprint density at radius 2 is 1.84 bits per heavy atom. The minimum atomic E-state index is -0.667. The van der Waals surface area contributed by atoms with Gasteiger partial charge in [0.2, 0.25) is 0 Å². The topological polar surface area (TPSA) is 69.1 Å². The molecule has 0 aliphatic carbocycles. The fourth-order valence-corrected chi connectivity index (χ4v) is 2.40. The Hall–Kier alpha value is -2.08. The minimum absolute atomic E-state index is 0.125. The number of hydrogen-bond donors (Lipinski definition) is 2. The van der Waals surface area contributed by atoms with Gasteiger partial charge in [0.15, 0.2) is 0 Å². The highest BCUT2D eigenvalue weighted by Crippen LogP contribution is 2.32. The van der Waals surface area contributed by atoms with Crippen molar-refractivity contribution in [2.75, 3.05) is 5.73 Å². The maximum Gasteiger partial charge on any atom is 0.250 e. The predicted molar refractivity (Wildman–Crippen MR) is 69.9 cm³/mol. The van der Waals surface area contributed by atoms with Crippen molar-refractivity contribution in [1.82, 2.24) is 0 Å². The van der Waals surface area contributed by atoms with Gasteiger partial charge in [0.05, 0.1) is 10.5 Å². The molecule has 0 saturated heterocycles.